The van der Waals surface area contributed by atoms with Crippen LogP contribution in [-0.4, -0.2) is 24.9 Å². The number of halogens is 1. The van der Waals surface area contributed by atoms with Gasteiger partial charge in [0.1, 0.15) is 5.60 Å². The van der Waals surface area contributed by atoms with Crippen molar-refractivity contribution in [3.05, 3.63) is 17.9 Å². The lowest BCUT2D eigenvalue weighted by Crippen LogP contribution is -2.27. The van der Waals surface area contributed by atoms with Crippen LogP contribution in [0.5, 0.6) is 11.5 Å². The van der Waals surface area contributed by atoms with Crippen molar-refractivity contribution < 1.29 is 23.4 Å². The van der Waals surface area contributed by atoms with Gasteiger partial charge in [0.05, 0.1) is 18.9 Å². The summed E-state index contributed by atoms with van der Waals surface area (Å²) in [6, 6.07) is 2.89. The first-order chi connectivity index (χ1) is 11.8. The van der Waals surface area contributed by atoms with Crippen molar-refractivity contribution in [3.8, 4) is 11.5 Å². The number of hydrogen-bond acceptors (Lipinski definition) is 4. The van der Waals surface area contributed by atoms with Gasteiger partial charge in [-0.3, -0.25) is 5.32 Å². The lowest BCUT2D eigenvalue weighted by molar-refractivity contribution is 0.0636. The molecule has 0 bridgehead atoms. The van der Waals surface area contributed by atoms with E-state index in [9.17, 15) is 9.18 Å². The van der Waals surface area contributed by atoms with Gasteiger partial charge in [0.15, 0.2) is 11.5 Å². The Bertz CT molecular complexity index is 524. The monoisotopic (exact) mass is 355 g/mol. The van der Waals surface area contributed by atoms with E-state index in [4.69, 9.17) is 14.2 Å². The SMILES string of the molecule is CCCCOc1cc(NC(=O)OC(C)(C)C)cc(OCCCC)c1F. The van der Waals surface area contributed by atoms with Gasteiger partial charge < -0.3 is 14.2 Å². The van der Waals surface area contributed by atoms with Crippen molar-refractivity contribution in [3.63, 3.8) is 0 Å². The number of nitrogens with one attached hydrogen (secondary N) is 1. The zero-order chi connectivity index (χ0) is 18.9. The van der Waals surface area contributed by atoms with Crippen molar-refractivity contribution in [1.82, 2.24) is 0 Å². The van der Waals surface area contributed by atoms with Crippen LogP contribution in [0.3, 0.4) is 0 Å². The molecule has 0 aliphatic rings. The van der Waals surface area contributed by atoms with Gasteiger partial charge >= 0.3 is 6.09 Å². The first-order valence-electron chi connectivity index (χ1n) is 8.86. The molecule has 1 amide bonds. The largest absolute Gasteiger partial charge is 0.490 e. The van der Waals surface area contributed by atoms with E-state index in [1.165, 1.54) is 12.1 Å². The normalized spacial score (nSPS) is 11.1. The molecule has 0 fully saturated rings. The van der Waals surface area contributed by atoms with E-state index < -0.39 is 17.5 Å². The van der Waals surface area contributed by atoms with E-state index in [0.717, 1.165) is 25.7 Å². The molecule has 142 valence electrons. The highest BCUT2D eigenvalue weighted by Gasteiger charge is 2.19. The van der Waals surface area contributed by atoms with E-state index in [2.05, 4.69) is 5.32 Å². The first-order valence-corrected chi connectivity index (χ1v) is 8.86. The molecule has 25 heavy (non-hydrogen) atoms. The van der Waals surface area contributed by atoms with Crippen LogP contribution >= 0.6 is 0 Å². The standard InChI is InChI=1S/C19H30FNO4/c1-6-8-10-23-15-12-14(21-18(22)25-19(3,4)5)13-16(17(15)20)24-11-9-7-2/h12-13H,6-11H2,1-5H3,(H,21,22). The Kier molecular flexibility index (Phi) is 8.52. The Morgan fingerprint density at radius 2 is 1.52 bits per heavy atom. The molecule has 0 spiro atoms. The summed E-state index contributed by atoms with van der Waals surface area (Å²) in [6.45, 7) is 10.2. The Morgan fingerprint density at radius 3 is 1.92 bits per heavy atom. The maximum atomic E-state index is 14.5. The third-order valence-electron chi connectivity index (χ3n) is 3.16. The molecule has 1 aromatic carbocycles. The minimum Gasteiger partial charge on any atom is -0.490 e. The van der Waals surface area contributed by atoms with Gasteiger partial charge in [0, 0.05) is 12.1 Å². The van der Waals surface area contributed by atoms with Gasteiger partial charge in [0.2, 0.25) is 5.82 Å². The van der Waals surface area contributed by atoms with E-state index in [0.29, 0.717) is 18.9 Å². The topological polar surface area (TPSA) is 56.8 Å². The second-order valence-electron chi connectivity index (χ2n) is 6.82. The molecule has 0 unspecified atom stereocenters. The fourth-order valence-corrected chi connectivity index (χ4v) is 1.93. The van der Waals surface area contributed by atoms with Crippen molar-refractivity contribution in [2.24, 2.45) is 0 Å². The summed E-state index contributed by atoms with van der Waals surface area (Å²) in [7, 11) is 0. The summed E-state index contributed by atoms with van der Waals surface area (Å²) in [5, 5.41) is 2.60. The molecule has 1 N–H and O–H groups in total. The first kappa shape index (κ1) is 21.1. The summed E-state index contributed by atoms with van der Waals surface area (Å²) in [6.07, 6.45) is 2.90. The Hall–Kier alpha value is -1.98. The molecule has 6 heteroatoms. The molecule has 0 aliphatic heterocycles. The third-order valence-corrected chi connectivity index (χ3v) is 3.16. The number of rotatable bonds is 9. The van der Waals surface area contributed by atoms with Crippen LogP contribution in [0.1, 0.15) is 60.3 Å². The molecule has 0 aromatic heterocycles. The molecule has 0 saturated carbocycles. The fraction of sp³-hybridized carbons (Fsp3) is 0.632. The summed E-state index contributed by atoms with van der Waals surface area (Å²) >= 11 is 0. The van der Waals surface area contributed by atoms with Crippen LogP contribution in [0.25, 0.3) is 0 Å². The summed E-state index contributed by atoms with van der Waals surface area (Å²) < 4.78 is 30.7. The molecule has 0 aliphatic carbocycles. The van der Waals surface area contributed by atoms with Gasteiger partial charge in [-0.2, -0.15) is 4.39 Å². The number of unbranched alkanes of at least 4 members (excludes halogenated alkanes) is 2. The molecule has 1 rings (SSSR count). The summed E-state index contributed by atoms with van der Waals surface area (Å²) in [5.41, 5.74) is -0.251. The van der Waals surface area contributed by atoms with Gasteiger partial charge in [0.25, 0.3) is 0 Å². The quantitative estimate of drug-likeness (QED) is 0.592. The van der Waals surface area contributed by atoms with E-state index in [1.807, 2.05) is 13.8 Å². The molecule has 0 heterocycles. The van der Waals surface area contributed by atoms with Crippen LogP contribution in [0.2, 0.25) is 0 Å². The van der Waals surface area contributed by atoms with Gasteiger partial charge in [-0.25, -0.2) is 4.79 Å². The number of carbonyl (C=O) groups is 1. The molecule has 0 saturated heterocycles. The van der Waals surface area contributed by atoms with Crippen molar-refractivity contribution in [2.75, 3.05) is 18.5 Å². The van der Waals surface area contributed by atoms with E-state index in [1.54, 1.807) is 20.8 Å². The molecular weight excluding hydrogens is 325 g/mol. The molecular formula is C19H30FNO4. The average molecular weight is 355 g/mol. The van der Waals surface area contributed by atoms with E-state index >= 15 is 0 Å². The number of anilines is 1. The van der Waals surface area contributed by atoms with Crippen LogP contribution in [0, 0.1) is 5.82 Å². The highest BCUT2D eigenvalue weighted by atomic mass is 19.1. The number of amides is 1. The second kappa shape index (κ2) is 10.1. The lowest BCUT2D eigenvalue weighted by Gasteiger charge is -2.20. The fourth-order valence-electron chi connectivity index (χ4n) is 1.93. The zero-order valence-electron chi connectivity index (χ0n) is 15.9. The summed E-state index contributed by atoms with van der Waals surface area (Å²) in [4.78, 5) is 11.9. The van der Waals surface area contributed by atoms with Crippen molar-refractivity contribution >= 4 is 11.8 Å². The highest BCUT2D eigenvalue weighted by Crippen LogP contribution is 2.32. The molecule has 0 radical (unpaired) electrons. The predicted molar refractivity (Wildman–Crippen MR) is 97.1 cm³/mol. The number of benzene rings is 1. The van der Waals surface area contributed by atoms with E-state index in [-0.39, 0.29) is 11.5 Å². The third kappa shape index (κ3) is 8.09. The Labute approximate surface area is 149 Å². The van der Waals surface area contributed by atoms with Crippen molar-refractivity contribution in [1.29, 1.82) is 0 Å². The van der Waals surface area contributed by atoms with Crippen molar-refractivity contribution in [2.45, 2.75) is 65.9 Å². The lowest BCUT2D eigenvalue weighted by atomic mass is 10.2. The minimum absolute atomic E-state index is 0.0634. The summed E-state index contributed by atoms with van der Waals surface area (Å²) in [5.74, 6) is -0.427. The molecule has 1 aromatic rings. The maximum Gasteiger partial charge on any atom is 0.412 e. The predicted octanol–water partition coefficient (Wildman–Crippen LogP) is 5.53. The molecule has 5 nitrogen and oxygen atoms in total. The number of hydrogen-bond donors (Lipinski definition) is 1. The van der Waals surface area contributed by atoms with Crippen LogP contribution in [0.4, 0.5) is 14.9 Å². The highest BCUT2D eigenvalue weighted by molar-refractivity contribution is 5.85. The Balaban J connectivity index is 2.95. The zero-order valence-corrected chi connectivity index (χ0v) is 15.9. The molecule has 0 atom stereocenters. The number of carbonyl (C=O) groups excluding carboxylic acids is 1. The van der Waals surface area contributed by atoms with Gasteiger partial charge in [-0.05, 0) is 33.6 Å². The van der Waals surface area contributed by atoms with Crippen LogP contribution in [0.15, 0.2) is 12.1 Å². The van der Waals surface area contributed by atoms with Gasteiger partial charge in [-0.1, -0.05) is 26.7 Å². The van der Waals surface area contributed by atoms with Gasteiger partial charge in [-0.15, -0.1) is 0 Å². The number of ether oxygens (including phenoxy) is 3. The average Bonchev–Trinajstić information content (AvgIpc) is 2.49. The Morgan fingerprint density at radius 1 is 1.04 bits per heavy atom. The van der Waals surface area contributed by atoms with Crippen LogP contribution in [-0.2, 0) is 4.74 Å². The minimum atomic E-state index is -0.620. The second-order valence-corrected chi connectivity index (χ2v) is 6.82. The maximum absolute atomic E-state index is 14.5. The smallest absolute Gasteiger partial charge is 0.412 e. The van der Waals surface area contributed by atoms with Crippen LogP contribution < -0.4 is 14.8 Å².